The van der Waals surface area contributed by atoms with Crippen molar-refractivity contribution in [2.75, 3.05) is 0 Å². The number of aromatic nitrogens is 2. The van der Waals surface area contributed by atoms with Crippen LogP contribution in [0.4, 0.5) is 0 Å². The molecule has 23 heavy (non-hydrogen) atoms. The Morgan fingerprint density at radius 3 is 2.74 bits per heavy atom. The van der Waals surface area contributed by atoms with E-state index in [0.717, 1.165) is 43.4 Å². The van der Waals surface area contributed by atoms with E-state index in [0.29, 0.717) is 12.8 Å². The summed E-state index contributed by atoms with van der Waals surface area (Å²) in [6.45, 7) is 0. The van der Waals surface area contributed by atoms with Gasteiger partial charge in [0.25, 0.3) is 10.0 Å². The Morgan fingerprint density at radius 2 is 2.04 bits per heavy atom. The molecule has 8 heteroatoms. The molecular formula is C15H23N3O4S. The minimum atomic E-state index is -3.79. The summed E-state index contributed by atoms with van der Waals surface area (Å²) >= 11 is 0. The molecule has 0 amide bonds. The van der Waals surface area contributed by atoms with Crippen molar-refractivity contribution in [2.45, 2.75) is 67.7 Å². The highest BCUT2D eigenvalue weighted by Crippen LogP contribution is 2.48. The standard InChI is InChI=1S/C15H23N3O4S/c1-18-14(10-4-2-3-5-11(10)16-18)23(21,22)17-15-7-6-9(8-15)12(19)13(15)20/h9,12-13,17,19-20H,2-8H2,1H3/t9?,12-,13-,15?/m0/s1. The molecule has 1 aromatic heterocycles. The molecule has 1 heterocycles. The maximum absolute atomic E-state index is 13.0. The van der Waals surface area contributed by atoms with Crippen LogP contribution in [-0.4, -0.2) is 46.2 Å². The molecule has 128 valence electrons. The number of sulfonamides is 1. The van der Waals surface area contributed by atoms with E-state index in [1.165, 1.54) is 4.68 Å². The van der Waals surface area contributed by atoms with E-state index in [9.17, 15) is 18.6 Å². The third kappa shape index (κ3) is 2.19. The van der Waals surface area contributed by atoms with Crippen molar-refractivity contribution < 1.29 is 18.6 Å². The Bertz CT molecular complexity index is 744. The van der Waals surface area contributed by atoms with Gasteiger partial charge in [-0.25, -0.2) is 13.1 Å². The number of aryl methyl sites for hydroxylation is 2. The monoisotopic (exact) mass is 341 g/mol. The van der Waals surface area contributed by atoms with E-state index < -0.39 is 27.8 Å². The Kier molecular flexibility index (Phi) is 3.39. The lowest BCUT2D eigenvalue weighted by Crippen LogP contribution is -2.56. The highest BCUT2D eigenvalue weighted by atomic mass is 32.2. The molecule has 3 aliphatic carbocycles. The first-order chi connectivity index (χ1) is 10.8. The van der Waals surface area contributed by atoms with Crippen molar-refractivity contribution in [2.24, 2.45) is 13.0 Å². The molecule has 2 fully saturated rings. The molecule has 0 saturated heterocycles. The second-order valence-electron chi connectivity index (χ2n) is 7.26. The van der Waals surface area contributed by atoms with Crippen LogP contribution in [0.3, 0.4) is 0 Å². The molecule has 0 aliphatic heterocycles. The second kappa shape index (κ2) is 5.02. The molecule has 3 aliphatic rings. The number of nitrogens with zero attached hydrogens (tertiary/aromatic N) is 2. The van der Waals surface area contributed by atoms with Crippen molar-refractivity contribution in [1.82, 2.24) is 14.5 Å². The van der Waals surface area contributed by atoms with Gasteiger partial charge in [-0.1, -0.05) is 0 Å². The molecule has 0 spiro atoms. The van der Waals surface area contributed by atoms with Crippen LogP contribution in [0.15, 0.2) is 5.03 Å². The van der Waals surface area contributed by atoms with Gasteiger partial charge in [0.2, 0.25) is 0 Å². The fraction of sp³-hybridized carbons (Fsp3) is 0.800. The van der Waals surface area contributed by atoms with E-state index in [1.807, 2.05) is 0 Å². The molecule has 0 aromatic carbocycles. The number of hydrogen-bond acceptors (Lipinski definition) is 5. The van der Waals surface area contributed by atoms with Crippen molar-refractivity contribution >= 4 is 10.0 Å². The van der Waals surface area contributed by atoms with Crippen LogP contribution < -0.4 is 4.72 Å². The van der Waals surface area contributed by atoms with Crippen molar-refractivity contribution in [3.05, 3.63) is 11.3 Å². The lowest BCUT2D eigenvalue weighted by molar-refractivity contribution is -0.0283. The number of nitrogens with one attached hydrogen (secondary N) is 1. The molecule has 1 aromatic rings. The third-order valence-corrected chi connectivity index (χ3v) is 7.51. The lowest BCUT2D eigenvalue weighted by atomic mass is 9.90. The molecule has 7 nitrogen and oxygen atoms in total. The van der Waals surface area contributed by atoms with Crippen molar-refractivity contribution in [1.29, 1.82) is 0 Å². The summed E-state index contributed by atoms with van der Waals surface area (Å²) in [5.41, 5.74) is 0.743. The molecule has 4 atom stereocenters. The normalized spacial score (nSPS) is 36.4. The highest BCUT2D eigenvalue weighted by molar-refractivity contribution is 7.89. The average molecular weight is 341 g/mol. The van der Waals surface area contributed by atoms with Crippen molar-refractivity contribution in [3.8, 4) is 0 Å². The van der Waals surface area contributed by atoms with Gasteiger partial charge in [0.05, 0.1) is 23.4 Å². The van der Waals surface area contributed by atoms with Crippen molar-refractivity contribution in [3.63, 3.8) is 0 Å². The fourth-order valence-corrected chi connectivity index (χ4v) is 6.59. The van der Waals surface area contributed by atoms with Crippen LogP contribution in [0, 0.1) is 5.92 Å². The van der Waals surface area contributed by atoms with Gasteiger partial charge in [0.15, 0.2) is 5.03 Å². The van der Waals surface area contributed by atoms with Gasteiger partial charge in [-0.15, -0.1) is 0 Å². The molecule has 2 unspecified atom stereocenters. The van der Waals surface area contributed by atoms with Crippen LogP contribution in [0.1, 0.15) is 43.4 Å². The minimum absolute atomic E-state index is 0.0202. The first-order valence-electron chi connectivity index (χ1n) is 8.29. The van der Waals surface area contributed by atoms with Gasteiger partial charge < -0.3 is 10.2 Å². The Balaban J connectivity index is 1.71. The number of rotatable bonds is 3. The Labute approximate surface area is 135 Å². The van der Waals surface area contributed by atoms with Crippen LogP contribution >= 0.6 is 0 Å². The number of aliphatic hydroxyl groups excluding tert-OH is 2. The second-order valence-corrected chi connectivity index (χ2v) is 8.86. The molecular weight excluding hydrogens is 318 g/mol. The zero-order chi connectivity index (χ0) is 16.4. The van der Waals surface area contributed by atoms with Crippen LogP contribution in [-0.2, 0) is 29.9 Å². The smallest absolute Gasteiger partial charge is 0.258 e. The van der Waals surface area contributed by atoms with Crippen LogP contribution in [0.25, 0.3) is 0 Å². The van der Waals surface area contributed by atoms with E-state index in [-0.39, 0.29) is 10.9 Å². The lowest BCUT2D eigenvalue weighted by Gasteiger charge is -2.34. The zero-order valence-corrected chi connectivity index (χ0v) is 14.0. The van der Waals surface area contributed by atoms with E-state index in [2.05, 4.69) is 9.82 Å². The number of aliphatic hydroxyl groups is 2. The topological polar surface area (TPSA) is 104 Å². The summed E-state index contributed by atoms with van der Waals surface area (Å²) in [6, 6.07) is 0. The van der Waals surface area contributed by atoms with Gasteiger partial charge in [-0.05, 0) is 50.9 Å². The van der Waals surface area contributed by atoms with Gasteiger partial charge in [-0.3, -0.25) is 4.68 Å². The van der Waals surface area contributed by atoms with Crippen LogP contribution in [0.5, 0.6) is 0 Å². The first kappa shape index (κ1) is 15.6. The summed E-state index contributed by atoms with van der Waals surface area (Å²) < 4.78 is 30.2. The van der Waals surface area contributed by atoms with E-state index in [1.54, 1.807) is 7.05 Å². The number of hydrogen-bond donors (Lipinski definition) is 3. The molecule has 4 rings (SSSR count). The predicted octanol–water partition coefficient (Wildman–Crippen LogP) is -0.149. The molecule has 2 bridgehead atoms. The van der Waals surface area contributed by atoms with Gasteiger partial charge in [0, 0.05) is 12.6 Å². The first-order valence-corrected chi connectivity index (χ1v) is 9.77. The molecule has 0 radical (unpaired) electrons. The highest BCUT2D eigenvalue weighted by Gasteiger charge is 2.59. The van der Waals surface area contributed by atoms with E-state index in [4.69, 9.17) is 0 Å². The fourth-order valence-electron chi connectivity index (χ4n) is 4.72. The summed E-state index contributed by atoms with van der Waals surface area (Å²) in [5.74, 6) is -0.0202. The van der Waals surface area contributed by atoms with Gasteiger partial charge in [-0.2, -0.15) is 5.10 Å². The summed E-state index contributed by atoms with van der Waals surface area (Å²) in [6.07, 6.45) is 3.46. The summed E-state index contributed by atoms with van der Waals surface area (Å²) in [5, 5.41) is 24.9. The quantitative estimate of drug-likeness (QED) is 0.709. The SMILES string of the molecule is Cn1nc2c(c1S(=O)(=O)NC13CCC(C1)[C@H](O)[C@@H]3O)CCCC2. The van der Waals surface area contributed by atoms with Gasteiger partial charge >= 0.3 is 0 Å². The maximum atomic E-state index is 13.0. The minimum Gasteiger partial charge on any atom is -0.390 e. The Morgan fingerprint density at radius 1 is 1.30 bits per heavy atom. The predicted molar refractivity (Wildman–Crippen MR) is 82.3 cm³/mol. The number of fused-ring (bicyclic) bond motifs is 3. The average Bonchev–Trinajstić information content (AvgIpc) is 3.11. The van der Waals surface area contributed by atoms with E-state index >= 15 is 0 Å². The summed E-state index contributed by atoms with van der Waals surface area (Å²) in [7, 11) is -2.14. The maximum Gasteiger partial charge on any atom is 0.258 e. The summed E-state index contributed by atoms with van der Waals surface area (Å²) in [4.78, 5) is 0. The zero-order valence-electron chi connectivity index (χ0n) is 13.2. The largest absolute Gasteiger partial charge is 0.390 e. The third-order valence-electron chi connectivity index (χ3n) is 5.81. The Hall–Kier alpha value is -0.960. The molecule has 3 N–H and O–H groups in total. The van der Waals surface area contributed by atoms with Crippen LogP contribution in [0.2, 0.25) is 0 Å². The molecule has 2 saturated carbocycles. The van der Waals surface area contributed by atoms with Gasteiger partial charge in [0.1, 0.15) is 0 Å².